The third kappa shape index (κ3) is 3.12. The van der Waals surface area contributed by atoms with Crippen LogP contribution in [0.3, 0.4) is 0 Å². The standard InChI is InChI=1S/C30H51B/c1-28(2)22-10-7-19(25(28)13-22)16-31(17-20-8-11-23-14-26(20)29(23,3)4)18-21-9-12-24-15-27(21)30(24,5)6/h19-27H,7-18H2,1-6H3/t19?,20?,21?,22?,23?,24?,25-,26-,27-/m1/s1. The van der Waals surface area contributed by atoms with Gasteiger partial charge in [-0.1, -0.05) is 79.8 Å². The van der Waals surface area contributed by atoms with Crippen LogP contribution in [0.25, 0.3) is 0 Å². The first-order valence-electron chi connectivity index (χ1n) is 14.6. The number of rotatable bonds is 6. The van der Waals surface area contributed by atoms with Crippen molar-refractivity contribution in [2.45, 2.75) is 118 Å². The van der Waals surface area contributed by atoms with Gasteiger partial charge < -0.3 is 0 Å². The van der Waals surface area contributed by atoms with E-state index in [2.05, 4.69) is 41.5 Å². The van der Waals surface area contributed by atoms with Crippen molar-refractivity contribution >= 4 is 6.71 Å². The molecular weight excluding hydrogens is 371 g/mol. The molecule has 9 saturated carbocycles. The van der Waals surface area contributed by atoms with E-state index >= 15 is 0 Å². The predicted molar refractivity (Wildman–Crippen MR) is 134 cm³/mol. The minimum atomic E-state index is 0.662. The van der Waals surface area contributed by atoms with Gasteiger partial charge in [0, 0.05) is 0 Å². The van der Waals surface area contributed by atoms with Gasteiger partial charge in [-0.15, -0.1) is 0 Å². The van der Waals surface area contributed by atoms with Gasteiger partial charge in [0.2, 0.25) is 0 Å². The monoisotopic (exact) mass is 422 g/mol. The molecule has 6 unspecified atom stereocenters. The quantitative estimate of drug-likeness (QED) is 0.376. The fourth-order valence-electron chi connectivity index (χ4n) is 11.3. The molecule has 9 atom stereocenters. The molecule has 9 fully saturated rings. The summed E-state index contributed by atoms with van der Waals surface area (Å²) in [6.45, 7) is 16.7. The fraction of sp³-hybridized carbons (Fsp3) is 1.00. The van der Waals surface area contributed by atoms with Gasteiger partial charge in [0.25, 0.3) is 0 Å². The smallest absolute Gasteiger partial charge is 0.0710 e. The first kappa shape index (κ1) is 21.6. The van der Waals surface area contributed by atoms with Crippen LogP contribution < -0.4 is 0 Å². The van der Waals surface area contributed by atoms with Crippen molar-refractivity contribution in [1.82, 2.24) is 0 Å². The summed E-state index contributed by atoms with van der Waals surface area (Å²) in [5.74, 6) is 9.52. The maximum absolute atomic E-state index is 2.61. The van der Waals surface area contributed by atoms with Gasteiger partial charge in [-0.2, -0.15) is 0 Å². The summed E-state index contributed by atoms with van der Waals surface area (Å²) in [6.07, 6.45) is 18.9. The first-order valence-corrected chi connectivity index (χ1v) is 14.6. The molecular formula is C30H51B. The summed E-state index contributed by atoms with van der Waals surface area (Å²) in [6, 6.07) is 0. The van der Waals surface area contributed by atoms with Crippen molar-refractivity contribution in [2.75, 3.05) is 0 Å². The second-order valence-corrected chi connectivity index (χ2v) is 15.7. The Morgan fingerprint density at radius 2 is 0.774 bits per heavy atom. The van der Waals surface area contributed by atoms with E-state index in [9.17, 15) is 0 Å². The zero-order valence-corrected chi connectivity index (χ0v) is 21.8. The lowest BCUT2D eigenvalue weighted by molar-refractivity contribution is -0.104. The van der Waals surface area contributed by atoms with Crippen LogP contribution in [0, 0.1) is 69.5 Å². The maximum atomic E-state index is 2.61. The lowest BCUT2D eigenvalue weighted by Crippen LogP contribution is -2.55. The average molecular weight is 423 g/mol. The van der Waals surface area contributed by atoms with E-state index in [-0.39, 0.29) is 0 Å². The van der Waals surface area contributed by atoms with Crippen LogP contribution in [-0.4, -0.2) is 6.71 Å². The predicted octanol–water partition coefficient (Wildman–Crippen LogP) is 8.70. The van der Waals surface area contributed by atoms with E-state index in [0.29, 0.717) is 16.2 Å². The normalized spacial score (nSPS) is 49.9. The number of fused-ring (bicyclic) bond motifs is 6. The number of hydrogen-bond acceptors (Lipinski definition) is 0. The molecule has 174 valence electrons. The lowest BCUT2D eigenvalue weighted by Gasteiger charge is -2.62. The molecule has 0 aromatic carbocycles. The Hall–Kier alpha value is 0.0649. The molecule has 0 amide bonds. The minimum Gasteiger partial charge on any atom is -0.0710 e. The Kier molecular flexibility index (Phi) is 4.90. The van der Waals surface area contributed by atoms with Crippen molar-refractivity contribution in [3.05, 3.63) is 0 Å². The van der Waals surface area contributed by atoms with Gasteiger partial charge in [-0.05, 0) is 108 Å². The molecule has 6 bridgehead atoms. The molecule has 0 aromatic rings. The van der Waals surface area contributed by atoms with Crippen molar-refractivity contribution in [1.29, 1.82) is 0 Å². The Morgan fingerprint density at radius 1 is 0.484 bits per heavy atom. The third-order valence-corrected chi connectivity index (χ3v) is 13.9. The zero-order valence-electron chi connectivity index (χ0n) is 21.8. The summed E-state index contributed by atoms with van der Waals surface area (Å²) in [5, 5.41) is 0. The van der Waals surface area contributed by atoms with Gasteiger partial charge in [0.1, 0.15) is 6.71 Å². The highest BCUT2D eigenvalue weighted by Crippen LogP contribution is 2.66. The van der Waals surface area contributed by atoms with Crippen LogP contribution in [0.1, 0.15) is 99.3 Å². The van der Waals surface area contributed by atoms with Crippen LogP contribution in [-0.2, 0) is 0 Å². The molecule has 0 saturated heterocycles. The van der Waals surface area contributed by atoms with E-state index in [0.717, 1.165) is 60.0 Å². The van der Waals surface area contributed by atoms with Gasteiger partial charge in [-0.25, -0.2) is 0 Å². The van der Waals surface area contributed by atoms with Gasteiger partial charge in [0.15, 0.2) is 0 Å². The second kappa shape index (κ2) is 7.04. The first-order chi connectivity index (χ1) is 14.6. The molecule has 0 spiro atoms. The van der Waals surface area contributed by atoms with Crippen molar-refractivity contribution in [2.24, 2.45) is 69.5 Å². The largest absolute Gasteiger partial charge is 0.140 e. The van der Waals surface area contributed by atoms with E-state index < -0.39 is 0 Å². The topological polar surface area (TPSA) is 0 Å². The summed E-state index contributed by atoms with van der Waals surface area (Å²) < 4.78 is 0. The molecule has 0 nitrogen and oxygen atoms in total. The van der Waals surface area contributed by atoms with Crippen LogP contribution >= 0.6 is 0 Å². The lowest BCUT2D eigenvalue weighted by atomic mass is 9.30. The van der Waals surface area contributed by atoms with E-state index in [1.807, 2.05) is 0 Å². The van der Waals surface area contributed by atoms with Gasteiger partial charge >= 0.3 is 0 Å². The summed E-state index contributed by atoms with van der Waals surface area (Å²) >= 11 is 0. The van der Waals surface area contributed by atoms with Gasteiger partial charge in [-0.3, -0.25) is 0 Å². The third-order valence-electron chi connectivity index (χ3n) is 13.9. The van der Waals surface area contributed by atoms with Crippen molar-refractivity contribution in [3.63, 3.8) is 0 Å². The van der Waals surface area contributed by atoms with Crippen LogP contribution in [0.5, 0.6) is 0 Å². The highest BCUT2D eigenvalue weighted by atomic mass is 14.6. The van der Waals surface area contributed by atoms with E-state index in [1.54, 1.807) is 76.7 Å². The molecule has 0 aliphatic heterocycles. The van der Waals surface area contributed by atoms with Crippen molar-refractivity contribution in [3.8, 4) is 0 Å². The van der Waals surface area contributed by atoms with E-state index in [4.69, 9.17) is 0 Å². The Balaban J connectivity index is 1.18. The van der Waals surface area contributed by atoms with Crippen molar-refractivity contribution < 1.29 is 0 Å². The molecule has 0 radical (unpaired) electrons. The zero-order chi connectivity index (χ0) is 21.8. The maximum Gasteiger partial charge on any atom is 0.140 e. The molecule has 9 rings (SSSR count). The number of hydrogen-bond donors (Lipinski definition) is 0. The molecule has 9 aliphatic rings. The summed E-state index contributed by atoms with van der Waals surface area (Å²) in [7, 11) is 0. The Morgan fingerprint density at radius 3 is 1.00 bits per heavy atom. The molecule has 1 heteroatoms. The van der Waals surface area contributed by atoms with Crippen LogP contribution in [0.4, 0.5) is 0 Å². The molecule has 31 heavy (non-hydrogen) atoms. The minimum absolute atomic E-state index is 0.662. The summed E-state index contributed by atoms with van der Waals surface area (Å²) in [5.41, 5.74) is 1.99. The summed E-state index contributed by atoms with van der Waals surface area (Å²) in [4.78, 5) is 0. The Labute approximate surface area is 194 Å². The fourth-order valence-corrected chi connectivity index (χ4v) is 11.3. The Bertz CT molecular complexity index is 602. The molecule has 0 N–H and O–H groups in total. The van der Waals surface area contributed by atoms with E-state index in [1.165, 1.54) is 0 Å². The average Bonchev–Trinajstić information content (AvgIpc) is 2.73. The SMILES string of the molecule is CC1(C)C2CCC(CB(CC3CCC4C[C@H]3C4(C)C)CC3CCC4C[C@H]3C4(C)C)[C@H]1C2. The highest BCUT2D eigenvalue weighted by molar-refractivity contribution is 6.59. The molecule has 0 aromatic heterocycles. The van der Waals surface area contributed by atoms with Crippen LogP contribution in [0.2, 0.25) is 19.0 Å². The second-order valence-electron chi connectivity index (χ2n) is 15.7. The molecule has 9 aliphatic carbocycles. The van der Waals surface area contributed by atoms with Gasteiger partial charge in [0.05, 0.1) is 0 Å². The highest BCUT2D eigenvalue weighted by Gasteiger charge is 2.58. The molecule has 0 heterocycles. The van der Waals surface area contributed by atoms with Crippen LogP contribution in [0.15, 0.2) is 0 Å².